The molecule has 0 amide bonds. The summed E-state index contributed by atoms with van der Waals surface area (Å²) in [5.74, 6) is 0.269. The smallest absolute Gasteiger partial charge is 0.0472 e. The lowest BCUT2D eigenvalue weighted by atomic mass is 10.0. The van der Waals surface area contributed by atoms with Crippen LogP contribution in [0.4, 0.5) is 0 Å². The second-order valence-corrected chi connectivity index (χ2v) is 3.02. The van der Waals surface area contributed by atoms with E-state index in [1.807, 2.05) is 13.0 Å². The number of allylic oxidation sites excluding steroid dienone is 1. The molecule has 0 rings (SSSR count). The third-order valence-electron chi connectivity index (χ3n) is 1.39. The predicted octanol–water partition coefficient (Wildman–Crippen LogP) is 1.49. The Morgan fingerprint density at radius 2 is 2.33 bits per heavy atom. The van der Waals surface area contributed by atoms with Gasteiger partial charge in [0.15, 0.2) is 0 Å². The van der Waals surface area contributed by atoms with Crippen molar-refractivity contribution in [2.24, 2.45) is 5.92 Å². The third-order valence-corrected chi connectivity index (χ3v) is 1.81. The Labute approximate surface area is 62.2 Å². The molecule has 0 spiro atoms. The van der Waals surface area contributed by atoms with Gasteiger partial charge >= 0.3 is 0 Å². The van der Waals surface area contributed by atoms with Gasteiger partial charge in [-0.1, -0.05) is 13.0 Å². The average molecular weight is 146 g/mol. The molecule has 0 aromatic carbocycles. The molecule has 2 atom stereocenters. The Balaban J connectivity index is 3.53. The molecule has 0 saturated carbocycles. The van der Waals surface area contributed by atoms with Crippen molar-refractivity contribution in [3.8, 4) is 0 Å². The topological polar surface area (TPSA) is 20.2 Å². The molecule has 54 valence electrons. The summed E-state index contributed by atoms with van der Waals surface area (Å²) >= 11 is 4.20. The van der Waals surface area contributed by atoms with E-state index in [4.69, 9.17) is 5.11 Å². The fourth-order valence-corrected chi connectivity index (χ4v) is 0.854. The van der Waals surface area contributed by atoms with E-state index in [-0.39, 0.29) is 17.8 Å². The minimum absolute atomic E-state index is 0.205. The Morgan fingerprint density at radius 3 is 2.44 bits per heavy atom. The van der Waals surface area contributed by atoms with Gasteiger partial charge in [-0.2, -0.15) is 12.6 Å². The normalized spacial score (nSPS) is 16.8. The second-order valence-electron chi connectivity index (χ2n) is 2.21. The van der Waals surface area contributed by atoms with E-state index in [9.17, 15) is 0 Å². The fraction of sp³-hybridized carbons (Fsp3) is 0.714. The maximum atomic E-state index is 8.73. The van der Waals surface area contributed by atoms with Crippen molar-refractivity contribution in [2.75, 3.05) is 6.61 Å². The third kappa shape index (κ3) is 3.60. The number of thiol groups is 1. The Morgan fingerprint density at radius 1 is 1.78 bits per heavy atom. The number of hydrogen-bond acceptors (Lipinski definition) is 2. The van der Waals surface area contributed by atoms with Crippen LogP contribution in [-0.2, 0) is 0 Å². The van der Waals surface area contributed by atoms with Crippen LogP contribution in [0.3, 0.4) is 0 Å². The van der Waals surface area contributed by atoms with Gasteiger partial charge in [0.2, 0.25) is 0 Å². The van der Waals surface area contributed by atoms with Crippen molar-refractivity contribution in [3.05, 3.63) is 12.7 Å². The molecule has 0 aliphatic rings. The van der Waals surface area contributed by atoms with E-state index in [1.54, 1.807) is 0 Å². The Bertz CT molecular complexity index is 81.0. The lowest BCUT2D eigenvalue weighted by Crippen LogP contribution is -2.14. The van der Waals surface area contributed by atoms with Gasteiger partial charge in [-0.25, -0.2) is 0 Å². The lowest BCUT2D eigenvalue weighted by Gasteiger charge is -2.14. The summed E-state index contributed by atoms with van der Waals surface area (Å²) in [5, 5.41) is 8.99. The summed E-state index contributed by atoms with van der Waals surface area (Å²) in [6, 6.07) is 0. The van der Waals surface area contributed by atoms with Gasteiger partial charge in [-0.15, -0.1) is 6.58 Å². The quantitative estimate of drug-likeness (QED) is 0.455. The number of hydrogen-bond donors (Lipinski definition) is 2. The minimum atomic E-state index is 0.205. The lowest BCUT2D eigenvalue weighted by molar-refractivity contribution is 0.228. The first-order valence-corrected chi connectivity index (χ1v) is 3.63. The molecular weight excluding hydrogens is 132 g/mol. The van der Waals surface area contributed by atoms with Crippen LogP contribution in [0.2, 0.25) is 0 Å². The molecule has 1 N–H and O–H groups in total. The van der Waals surface area contributed by atoms with Crippen LogP contribution in [0.5, 0.6) is 0 Å². The molecule has 2 heteroatoms. The van der Waals surface area contributed by atoms with Crippen LogP contribution in [0.15, 0.2) is 12.7 Å². The summed E-state index contributed by atoms with van der Waals surface area (Å²) in [4.78, 5) is 0. The van der Waals surface area contributed by atoms with Crippen LogP contribution >= 0.6 is 12.6 Å². The van der Waals surface area contributed by atoms with Crippen molar-refractivity contribution in [1.82, 2.24) is 0 Å². The molecule has 9 heavy (non-hydrogen) atoms. The Kier molecular flexibility index (Phi) is 4.91. The minimum Gasteiger partial charge on any atom is -0.396 e. The van der Waals surface area contributed by atoms with Gasteiger partial charge in [-0.05, 0) is 12.3 Å². The number of rotatable bonds is 4. The van der Waals surface area contributed by atoms with Crippen molar-refractivity contribution in [2.45, 2.75) is 18.6 Å². The van der Waals surface area contributed by atoms with Gasteiger partial charge in [0, 0.05) is 11.9 Å². The second kappa shape index (κ2) is 4.89. The van der Waals surface area contributed by atoms with Crippen molar-refractivity contribution in [1.29, 1.82) is 0 Å². The van der Waals surface area contributed by atoms with E-state index in [1.165, 1.54) is 0 Å². The summed E-state index contributed by atoms with van der Waals surface area (Å²) in [6.07, 6.45) is 2.66. The average Bonchev–Trinajstić information content (AvgIpc) is 1.82. The first-order chi connectivity index (χ1) is 4.22. The molecule has 0 saturated heterocycles. The molecule has 0 fully saturated rings. The maximum absolute atomic E-state index is 8.73. The predicted molar refractivity (Wildman–Crippen MR) is 43.8 cm³/mol. The van der Waals surface area contributed by atoms with Crippen LogP contribution in [-0.4, -0.2) is 17.0 Å². The van der Waals surface area contributed by atoms with Crippen LogP contribution < -0.4 is 0 Å². The molecule has 0 heterocycles. The van der Waals surface area contributed by atoms with Crippen molar-refractivity contribution >= 4 is 12.6 Å². The van der Waals surface area contributed by atoms with Crippen molar-refractivity contribution < 1.29 is 5.11 Å². The van der Waals surface area contributed by atoms with Crippen LogP contribution in [0.1, 0.15) is 13.3 Å². The van der Waals surface area contributed by atoms with Gasteiger partial charge in [-0.3, -0.25) is 0 Å². The monoisotopic (exact) mass is 146 g/mol. The molecular formula is C7H14OS. The van der Waals surface area contributed by atoms with E-state index in [0.29, 0.717) is 0 Å². The molecule has 2 unspecified atom stereocenters. The SMILES string of the molecule is C=CCC(CO)C(C)S. The van der Waals surface area contributed by atoms with Crippen LogP contribution in [0, 0.1) is 5.92 Å². The summed E-state index contributed by atoms with van der Waals surface area (Å²) in [7, 11) is 0. The first kappa shape index (κ1) is 9.05. The summed E-state index contributed by atoms with van der Waals surface area (Å²) in [5.41, 5.74) is 0. The zero-order valence-electron chi connectivity index (χ0n) is 5.75. The molecule has 0 radical (unpaired) electrons. The van der Waals surface area contributed by atoms with E-state index < -0.39 is 0 Å². The highest BCUT2D eigenvalue weighted by molar-refractivity contribution is 7.80. The van der Waals surface area contributed by atoms with Crippen LogP contribution in [0.25, 0.3) is 0 Å². The first-order valence-electron chi connectivity index (χ1n) is 3.12. The molecule has 0 aliphatic heterocycles. The van der Waals surface area contributed by atoms with Gasteiger partial charge in [0.1, 0.15) is 0 Å². The Hall–Kier alpha value is 0.0500. The summed E-state index contributed by atoms with van der Waals surface area (Å²) in [6.45, 7) is 5.77. The zero-order valence-corrected chi connectivity index (χ0v) is 6.64. The highest BCUT2D eigenvalue weighted by atomic mass is 32.1. The highest BCUT2D eigenvalue weighted by Crippen LogP contribution is 2.12. The molecule has 1 nitrogen and oxygen atoms in total. The zero-order chi connectivity index (χ0) is 7.28. The molecule has 0 bridgehead atoms. The molecule has 0 aromatic heterocycles. The van der Waals surface area contributed by atoms with Crippen molar-refractivity contribution in [3.63, 3.8) is 0 Å². The molecule has 0 aromatic rings. The van der Waals surface area contributed by atoms with E-state index in [2.05, 4.69) is 19.2 Å². The standard InChI is InChI=1S/C7H14OS/c1-3-4-7(5-8)6(2)9/h3,6-9H,1,4-5H2,2H3. The largest absolute Gasteiger partial charge is 0.396 e. The van der Waals surface area contributed by atoms with Gasteiger partial charge < -0.3 is 5.11 Å². The van der Waals surface area contributed by atoms with E-state index in [0.717, 1.165) is 6.42 Å². The van der Waals surface area contributed by atoms with E-state index >= 15 is 0 Å². The van der Waals surface area contributed by atoms with Gasteiger partial charge in [0.25, 0.3) is 0 Å². The van der Waals surface area contributed by atoms with Gasteiger partial charge in [0.05, 0.1) is 0 Å². The molecule has 0 aliphatic carbocycles. The maximum Gasteiger partial charge on any atom is 0.0472 e. The number of aliphatic hydroxyl groups excluding tert-OH is 1. The summed E-state index contributed by atoms with van der Waals surface area (Å²) < 4.78 is 0. The number of aliphatic hydroxyl groups is 1. The highest BCUT2D eigenvalue weighted by Gasteiger charge is 2.09. The fourth-order valence-electron chi connectivity index (χ4n) is 0.638.